The lowest BCUT2D eigenvalue weighted by molar-refractivity contribution is -0.186. The van der Waals surface area contributed by atoms with Gasteiger partial charge in [-0.2, -0.15) is 13.2 Å². The number of aromatic nitrogens is 2. The third-order valence-corrected chi connectivity index (χ3v) is 4.47. The Kier molecular flexibility index (Phi) is 5.30. The summed E-state index contributed by atoms with van der Waals surface area (Å²) >= 11 is 0. The maximum Gasteiger partial charge on any atom is 0.391 e. The molecule has 1 aromatic heterocycles. The second kappa shape index (κ2) is 6.81. The van der Waals surface area contributed by atoms with Crippen LogP contribution in [0.25, 0.3) is 0 Å². The minimum absolute atomic E-state index is 0.0582. The van der Waals surface area contributed by atoms with Crippen molar-refractivity contribution in [3.05, 3.63) is 18.2 Å². The molecule has 0 saturated heterocycles. The second-order valence-corrected chi connectivity index (χ2v) is 6.07. The Bertz CT molecular complexity index is 442. The lowest BCUT2D eigenvalue weighted by Gasteiger charge is -2.33. The lowest BCUT2D eigenvalue weighted by atomic mass is 9.77. The van der Waals surface area contributed by atoms with E-state index >= 15 is 0 Å². The van der Waals surface area contributed by atoms with E-state index in [4.69, 9.17) is 5.73 Å². The summed E-state index contributed by atoms with van der Waals surface area (Å²) in [5.74, 6) is -0.353. The first-order valence-corrected chi connectivity index (χ1v) is 7.74. The Labute approximate surface area is 123 Å². The van der Waals surface area contributed by atoms with Crippen LogP contribution < -0.4 is 5.73 Å². The van der Waals surface area contributed by atoms with Gasteiger partial charge in [0.2, 0.25) is 0 Å². The number of imidazole rings is 1. The predicted molar refractivity (Wildman–Crippen MR) is 75.7 cm³/mol. The third kappa shape index (κ3) is 4.22. The summed E-state index contributed by atoms with van der Waals surface area (Å²) < 4.78 is 40.6. The molecular weight excluding hydrogens is 279 g/mol. The predicted octanol–water partition coefficient (Wildman–Crippen LogP) is 3.53. The van der Waals surface area contributed by atoms with Gasteiger partial charge < -0.3 is 10.3 Å². The average Bonchev–Trinajstić information content (AvgIpc) is 2.86. The quantitative estimate of drug-likeness (QED) is 0.904. The van der Waals surface area contributed by atoms with Gasteiger partial charge >= 0.3 is 6.18 Å². The van der Waals surface area contributed by atoms with E-state index in [1.807, 2.05) is 10.8 Å². The molecule has 1 aliphatic rings. The van der Waals surface area contributed by atoms with Crippen LogP contribution in [0.5, 0.6) is 0 Å². The highest BCUT2D eigenvalue weighted by Crippen LogP contribution is 2.40. The van der Waals surface area contributed by atoms with E-state index in [0.717, 1.165) is 25.2 Å². The van der Waals surface area contributed by atoms with E-state index < -0.39 is 12.1 Å². The Hall–Kier alpha value is -1.04. The van der Waals surface area contributed by atoms with Crippen molar-refractivity contribution in [3.8, 4) is 0 Å². The highest BCUT2D eigenvalue weighted by atomic mass is 19.4. The summed E-state index contributed by atoms with van der Waals surface area (Å²) in [6, 6.07) is -0.242. The minimum atomic E-state index is -4.08. The van der Waals surface area contributed by atoms with Crippen molar-refractivity contribution < 1.29 is 13.2 Å². The summed E-state index contributed by atoms with van der Waals surface area (Å²) in [5.41, 5.74) is 6.19. The molecule has 0 aliphatic heterocycles. The van der Waals surface area contributed by atoms with Gasteiger partial charge in [-0.3, -0.25) is 0 Å². The van der Waals surface area contributed by atoms with Crippen LogP contribution in [0.3, 0.4) is 0 Å². The van der Waals surface area contributed by atoms with E-state index in [1.54, 1.807) is 6.20 Å². The highest BCUT2D eigenvalue weighted by Gasteiger charge is 2.43. The van der Waals surface area contributed by atoms with Crippen molar-refractivity contribution in [3.63, 3.8) is 0 Å². The van der Waals surface area contributed by atoms with E-state index in [1.165, 1.54) is 0 Å². The van der Waals surface area contributed by atoms with Gasteiger partial charge in [-0.05, 0) is 31.6 Å². The summed E-state index contributed by atoms with van der Waals surface area (Å²) in [6.07, 6.45) is 2.94. The van der Waals surface area contributed by atoms with Crippen LogP contribution in [-0.2, 0) is 13.0 Å². The number of rotatable bonds is 5. The smallest absolute Gasteiger partial charge is 0.335 e. The molecule has 1 heterocycles. The van der Waals surface area contributed by atoms with Gasteiger partial charge in [-0.1, -0.05) is 13.3 Å². The molecule has 0 spiro atoms. The number of alkyl halides is 3. The number of nitrogens with two attached hydrogens (primary N) is 1. The number of hydrogen-bond acceptors (Lipinski definition) is 2. The van der Waals surface area contributed by atoms with Crippen molar-refractivity contribution in [2.45, 2.75) is 64.2 Å². The molecule has 2 rings (SSSR count). The Morgan fingerprint density at radius 2 is 2.19 bits per heavy atom. The van der Waals surface area contributed by atoms with Crippen LogP contribution in [0.15, 0.2) is 12.4 Å². The lowest BCUT2D eigenvalue weighted by Crippen LogP contribution is -2.39. The number of hydrogen-bond donors (Lipinski definition) is 1. The van der Waals surface area contributed by atoms with Crippen LogP contribution in [0.4, 0.5) is 13.2 Å². The number of nitrogens with zero attached hydrogens (tertiary/aromatic N) is 2. The van der Waals surface area contributed by atoms with Crippen molar-refractivity contribution in [1.29, 1.82) is 0 Å². The first-order valence-electron chi connectivity index (χ1n) is 7.74. The molecule has 1 aromatic rings. The maximum absolute atomic E-state index is 12.9. The summed E-state index contributed by atoms with van der Waals surface area (Å²) in [6.45, 7) is 2.96. The summed E-state index contributed by atoms with van der Waals surface area (Å²) in [4.78, 5) is 4.30. The fraction of sp³-hybridized carbons (Fsp3) is 0.800. The standard InChI is InChI=1S/C15H24F3N3/c1-2-7-21-8-6-20-14(21)10-13(19)11-4-3-5-12(9-11)15(16,17)18/h6,8,11-13H,2-5,7,9-10,19H2,1H3. The Morgan fingerprint density at radius 1 is 1.43 bits per heavy atom. The van der Waals surface area contributed by atoms with Gasteiger partial charge in [0.05, 0.1) is 5.92 Å². The number of halogens is 3. The maximum atomic E-state index is 12.9. The van der Waals surface area contributed by atoms with Gasteiger partial charge in [-0.25, -0.2) is 4.98 Å². The summed E-state index contributed by atoms with van der Waals surface area (Å²) in [7, 11) is 0. The van der Waals surface area contributed by atoms with Crippen molar-refractivity contribution in [2.75, 3.05) is 0 Å². The highest BCUT2D eigenvalue weighted by molar-refractivity contribution is 4.97. The molecule has 21 heavy (non-hydrogen) atoms. The normalized spacial score (nSPS) is 25.0. The van der Waals surface area contributed by atoms with Crippen LogP contribution in [-0.4, -0.2) is 21.8 Å². The molecule has 120 valence electrons. The second-order valence-electron chi connectivity index (χ2n) is 6.07. The van der Waals surface area contributed by atoms with Crippen LogP contribution in [0, 0.1) is 11.8 Å². The van der Waals surface area contributed by atoms with Gasteiger partial charge in [0.25, 0.3) is 0 Å². The van der Waals surface area contributed by atoms with Crippen LogP contribution >= 0.6 is 0 Å². The first kappa shape index (κ1) is 16.3. The third-order valence-electron chi connectivity index (χ3n) is 4.47. The Morgan fingerprint density at radius 3 is 2.86 bits per heavy atom. The Balaban J connectivity index is 1.96. The van der Waals surface area contributed by atoms with Gasteiger partial charge in [-0.15, -0.1) is 0 Å². The molecule has 0 amide bonds. The number of aryl methyl sites for hydroxylation is 1. The fourth-order valence-corrected chi connectivity index (χ4v) is 3.27. The van der Waals surface area contributed by atoms with Crippen LogP contribution in [0.1, 0.15) is 44.9 Å². The van der Waals surface area contributed by atoms with Crippen LogP contribution in [0.2, 0.25) is 0 Å². The molecule has 0 aromatic carbocycles. The molecule has 3 unspecified atom stereocenters. The molecule has 1 fully saturated rings. The fourth-order valence-electron chi connectivity index (χ4n) is 3.27. The SMILES string of the molecule is CCCn1ccnc1CC(N)C1CCCC(C(F)(F)F)C1. The molecule has 2 N–H and O–H groups in total. The molecular formula is C15H24F3N3. The molecule has 3 atom stereocenters. The van der Waals surface area contributed by atoms with E-state index in [-0.39, 0.29) is 24.8 Å². The molecule has 3 nitrogen and oxygen atoms in total. The van der Waals surface area contributed by atoms with Crippen molar-refractivity contribution in [2.24, 2.45) is 17.6 Å². The van der Waals surface area contributed by atoms with Gasteiger partial charge in [0.1, 0.15) is 5.82 Å². The first-order chi connectivity index (χ1) is 9.91. The van der Waals surface area contributed by atoms with Crippen molar-refractivity contribution in [1.82, 2.24) is 9.55 Å². The van der Waals surface area contributed by atoms with E-state index in [0.29, 0.717) is 12.8 Å². The van der Waals surface area contributed by atoms with Crippen molar-refractivity contribution >= 4 is 0 Å². The molecule has 0 radical (unpaired) electrons. The molecule has 6 heteroatoms. The van der Waals surface area contributed by atoms with Gasteiger partial charge in [0.15, 0.2) is 0 Å². The largest absolute Gasteiger partial charge is 0.391 e. The topological polar surface area (TPSA) is 43.8 Å². The zero-order chi connectivity index (χ0) is 15.5. The zero-order valence-electron chi connectivity index (χ0n) is 12.4. The van der Waals surface area contributed by atoms with Gasteiger partial charge in [0, 0.05) is 31.4 Å². The molecule has 0 bridgehead atoms. The average molecular weight is 303 g/mol. The minimum Gasteiger partial charge on any atom is -0.335 e. The van der Waals surface area contributed by atoms with E-state index in [2.05, 4.69) is 11.9 Å². The monoisotopic (exact) mass is 303 g/mol. The molecule has 1 saturated carbocycles. The van der Waals surface area contributed by atoms with E-state index in [9.17, 15) is 13.2 Å². The molecule has 1 aliphatic carbocycles. The summed E-state index contributed by atoms with van der Waals surface area (Å²) in [5, 5.41) is 0. The zero-order valence-corrected chi connectivity index (χ0v) is 12.4.